The van der Waals surface area contributed by atoms with Gasteiger partial charge in [-0.3, -0.25) is 5.48 Å². The Morgan fingerprint density at radius 3 is 2.11 bits per heavy atom. The molecule has 0 radical (unpaired) electrons. The number of benzene rings is 1. The molecule has 0 saturated carbocycles. The maximum Gasteiger partial charge on any atom is 0.446 e. The van der Waals surface area contributed by atoms with Crippen LogP contribution in [0.4, 0.5) is 32.0 Å². The predicted molar refractivity (Wildman–Crippen MR) is 56.9 cm³/mol. The molecule has 19 heavy (non-hydrogen) atoms. The van der Waals surface area contributed by atoms with Crippen molar-refractivity contribution in [2.45, 2.75) is 17.4 Å². The van der Waals surface area contributed by atoms with E-state index in [1.807, 2.05) is 0 Å². The lowest BCUT2D eigenvalue weighted by Crippen LogP contribution is -2.53. The van der Waals surface area contributed by atoms with Gasteiger partial charge in [-0.1, -0.05) is 29.3 Å². The summed E-state index contributed by atoms with van der Waals surface area (Å²) in [6.07, 6.45) is -11.4. The highest BCUT2D eigenvalue weighted by Crippen LogP contribution is 2.48. The van der Waals surface area contributed by atoms with Gasteiger partial charge in [0, 0.05) is 5.02 Å². The number of hydrogen-bond acceptors (Lipinski definition) is 2. The van der Waals surface area contributed by atoms with Crippen molar-refractivity contribution in [3.8, 4) is 0 Å². The van der Waals surface area contributed by atoms with Crippen LogP contribution in [0.25, 0.3) is 0 Å². The van der Waals surface area contributed by atoms with E-state index in [-0.39, 0.29) is 10.7 Å². The number of rotatable bonds is 4. The van der Waals surface area contributed by atoms with Gasteiger partial charge in [-0.25, -0.2) is 9.23 Å². The van der Waals surface area contributed by atoms with Crippen molar-refractivity contribution in [1.82, 2.24) is 0 Å². The van der Waals surface area contributed by atoms with Crippen LogP contribution in [-0.2, 0) is 4.84 Å². The standard InChI is InChI=1S/C9H5Cl2F6NO/c10-5-2-1-3-6(4-5)18-19-9(16,17)7(11,12)8(13,14)15/h1-4,18H. The highest BCUT2D eigenvalue weighted by atomic mass is 35.5. The minimum atomic E-state index is -6.02. The van der Waals surface area contributed by atoms with E-state index in [4.69, 9.17) is 11.6 Å². The molecule has 1 rings (SSSR count). The second kappa shape index (κ2) is 5.26. The van der Waals surface area contributed by atoms with E-state index in [1.54, 1.807) is 0 Å². The summed E-state index contributed by atoms with van der Waals surface area (Å²) in [6, 6.07) is 4.91. The third kappa shape index (κ3) is 3.58. The normalized spacial score (nSPS) is 16.0. The summed E-state index contributed by atoms with van der Waals surface area (Å²) in [6.45, 7) is 0. The van der Waals surface area contributed by atoms with Crippen molar-refractivity contribution >= 4 is 28.9 Å². The summed E-state index contributed by atoms with van der Waals surface area (Å²) in [5.74, 6) is 0. The average Bonchev–Trinajstić information content (AvgIpc) is 2.25. The molecule has 0 aliphatic carbocycles. The van der Waals surface area contributed by atoms with Gasteiger partial charge in [0.25, 0.3) is 0 Å². The molecule has 0 amide bonds. The average molecular weight is 328 g/mol. The van der Waals surface area contributed by atoms with Crippen LogP contribution in [0.15, 0.2) is 24.3 Å². The summed E-state index contributed by atoms with van der Waals surface area (Å²) >= 11 is 9.66. The first-order chi connectivity index (χ1) is 8.47. The number of hydrogen-bond donors (Lipinski definition) is 1. The molecule has 1 aromatic carbocycles. The van der Waals surface area contributed by atoms with Gasteiger partial charge in [0.1, 0.15) is 0 Å². The fourth-order valence-corrected chi connectivity index (χ4v) is 1.13. The van der Waals surface area contributed by atoms with Gasteiger partial charge in [0.2, 0.25) is 0 Å². The number of alkyl halides is 7. The monoisotopic (exact) mass is 327 g/mol. The minimum absolute atomic E-state index is 0.102. The van der Waals surface area contributed by atoms with E-state index in [0.29, 0.717) is 0 Å². The third-order valence-corrected chi connectivity index (χ3v) is 2.51. The fourth-order valence-electron chi connectivity index (χ4n) is 0.904. The lowest BCUT2D eigenvalue weighted by atomic mass is 10.3. The van der Waals surface area contributed by atoms with E-state index >= 15 is 0 Å². The molecule has 10 heteroatoms. The van der Waals surface area contributed by atoms with Crippen LogP contribution in [0.3, 0.4) is 0 Å². The molecule has 0 saturated heterocycles. The molecule has 2 nitrogen and oxygen atoms in total. The Morgan fingerprint density at radius 1 is 1.05 bits per heavy atom. The fraction of sp³-hybridized carbons (Fsp3) is 0.333. The van der Waals surface area contributed by atoms with E-state index in [1.165, 1.54) is 17.6 Å². The molecule has 0 bridgehead atoms. The molecule has 1 atom stereocenters. The molecule has 0 aliphatic heterocycles. The minimum Gasteiger partial charge on any atom is -0.261 e. The van der Waals surface area contributed by atoms with Gasteiger partial charge in [-0.2, -0.15) is 22.0 Å². The van der Waals surface area contributed by atoms with Crippen molar-refractivity contribution in [1.29, 1.82) is 0 Å². The van der Waals surface area contributed by atoms with E-state index < -0.39 is 17.4 Å². The van der Waals surface area contributed by atoms with Gasteiger partial charge in [-0.05, 0) is 18.2 Å². The molecule has 1 aromatic rings. The van der Waals surface area contributed by atoms with Crippen LogP contribution < -0.4 is 5.48 Å². The summed E-state index contributed by atoms with van der Waals surface area (Å²) in [4.78, 5) is 3.39. The first-order valence-electron chi connectivity index (χ1n) is 4.49. The van der Waals surface area contributed by atoms with Crippen LogP contribution in [-0.4, -0.2) is 17.4 Å². The number of nitrogens with one attached hydrogen (secondary N) is 1. The molecule has 0 spiro atoms. The number of halogens is 8. The largest absolute Gasteiger partial charge is 0.446 e. The smallest absolute Gasteiger partial charge is 0.261 e. The van der Waals surface area contributed by atoms with Crippen molar-refractivity contribution in [2.24, 2.45) is 0 Å². The second-order valence-corrected chi connectivity index (χ2v) is 4.26. The van der Waals surface area contributed by atoms with Crippen LogP contribution >= 0.6 is 23.2 Å². The molecule has 0 fully saturated rings. The van der Waals surface area contributed by atoms with Gasteiger partial charge in [-0.15, -0.1) is 0 Å². The maximum atomic E-state index is 12.9. The van der Waals surface area contributed by atoms with Gasteiger partial charge in [0.05, 0.1) is 5.69 Å². The Labute approximate surface area is 113 Å². The van der Waals surface area contributed by atoms with Crippen LogP contribution in [0, 0.1) is 0 Å². The van der Waals surface area contributed by atoms with E-state index in [2.05, 4.69) is 16.4 Å². The van der Waals surface area contributed by atoms with E-state index in [0.717, 1.165) is 12.1 Å². The van der Waals surface area contributed by atoms with Crippen molar-refractivity contribution < 1.29 is 31.2 Å². The lowest BCUT2D eigenvalue weighted by molar-refractivity contribution is -0.345. The van der Waals surface area contributed by atoms with Crippen molar-refractivity contribution in [3.63, 3.8) is 0 Å². The van der Waals surface area contributed by atoms with Crippen molar-refractivity contribution in [2.75, 3.05) is 5.48 Å². The second-order valence-electron chi connectivity index (χ2n) is 3.30. The molecular weight excluding hydrogens is 323 g/mol. The molecule has 108 valence electrons. The molecule has 0 aromatic heterocycles. The van der Waals surface area contributed by atoms with Crippen molar-refractivity contribution in [3.05, 3.63) is 29.3 Å². The first-order valence-corrected chi connectivity index (χ1v) is 5.25. The SMILES string of the molecule is FC(F)(F)C(F)(Cl)C(F)(F)ONc1cccc(Cl)c1. The highest BCUT2D eigenvalue weighted by molar-refractivity contribution is 6.30. The van der Waals surface area contributed by atoms with Crippen LogP contribution in [0.5, 0.6) is 0 Å². The third-order valence-electron chi connectivity index (χ3n) is 1.84. The summed E-state index contributed by atoms with van der Waals surface area (Å²) in [5.41, 5.74) is 1.24. The molecular formula is C9H5Cl2F6NO. The zero-order valence-electron chi connectivity index (χ0n) is 8.74. The van der Waals surface area contributed by atoms with E-state index in [9.17, 15) is 26.3 Å². The summed E-state index contributed by atoms with van der Waals surface area (Å²) in [5, 5.41) is -5.27. The predicted octanol–water partition coefficient (Wildman–Crippen LogP) is 4.74. The molecule has 0 aliphatic rings. The Morgan fingerprint density at radius 2 is 1.63 bits per heavy atom. The highest BCUT2D eigenvalue weighted by Gasteiger charge is 2.72. The molecule has 0 heterocycles. The summed E-state index contributed by atoms with van der Waals surface area (Å²) < 4.78 is 74.7. The number of anilines is 1. The lowest BCUT2D eigenvalue weighted by Gasteiger charge is -2.28. The molecule has 1 unspecified atom stereocenters. The van der Waals surface area contributed by atoms with Crippen LogP contribution in [0.2, 0.25) is 5.02 Å². The molecule has 1 N–H and O–H groups in total. The van der Waals surface area contributed by atoms with Gasteiger partial charge >= 0.3 is 17.4 Å². The maximum absolute atomic E-state index is 12.9. The Kier molecular flexibility index (Phi) is 4.48. The summed E-state index contributed by atoms with van der Waals surface area (Å²) in [7, 11) is 0. The van der Waals surface area contributed by atoms with Gasteiger partial charge in [0.15, 0.2) is 0 Å². The Hall–Kier alpha value is -0.860. The van der Waals surface area contributed by atoms with Gasteiger partial charge < -0.3 is 0 Å². The Bertz CT molecular complexity index is 451. The zero-order chi connectivity index (χ0) is 14.9. The van der Waals surface area contributed by atoms with Crippen LogP contribution in [0.1, 0.15) is 0 Å². The Balaban J connectivity index is 2.81. The quantitative estimate of drug-likeness (QED) is 0.490. The zero-order valence-corrected chi connectivity index (χ0v) is 10.3. The first kappa shape index (κ1) is 16.2. The topological polar surface area (TPSA) is 21.3 Å².